The van der Waals surface area contributed by atoms with Gasteiger partial charge in [-0.25, -0.2) is 8.42 Å². The van der Waals surface area contributed by atoms with E-state index in [1.165, 1.54) is 4.31 Å². The van der Waals surface area contributed by atoms with Crippen molar-refractivity contribution in [3.63, 3.8) is 0 Å². The Balaban J connectivity index is 1.61. The van der Waals surface area contributed by atoms with Gasteiger partial charge in [0.25, 0.3) is 15.9 Å². The lowest BCUT2D eigenvalue weighted by Gasteiger charge is -2.35. The molecule has 1 aliphatic heterocycles. The van der Waals surface area contributed by atoms with E-state index in [4.69, 9.17) is 4.74 Å². The summed E-state index contributed by atoms with van der Waals surface area (Å²) < 4.78 is 34.1. The fourth-order valence-corrected chi connectivity index (χ4v) is 5.05. The van der Waals surface area contributed by atoms with Crippen molar-refractivity contribution in [1.29, 1.82) is 0 Å². The van der Waals surface area contributed by atoms with Gasteiger partial charge in [0.05, 0.1) is 17.1 Å². The van der Waals surface area contributed by atoms with Crippen LogP contribution in [0.25, 0.3) is 0 Å². The van der Waals surface area contributed by atoms with Gasteiger partial charge in [0.2, 0.25) is 0 Å². The molecule has 0 bridgehead atoms. The monoisotopic (exact) mass is 450 g/mol. The highest BCUT2D eigenvalue weighted by Gasteiger charge is 2.37. The maximum absolute atomic E-state index is 13.5. The van der Waals surface area contributed by atoms with Crippen LogP contribution in [0.5, 0.6) is 5.75 Å². The predicted octanol–water partition coefficient (Wildman–Crippen LogP) is 3.88. The van der Waals surface area contributed by atoms with Crippen LogP contribution in [0.2, 0.25) is 0 Å². The number of rotatable bonds is 5. The SMILES string of the molecule is Cc1ccc(CNC(=O)[C@@H]2CN(S(=O)(=O)c3ccc(C)cc3)c3ccc(C)cc3O2)cc1. The first-order valence-electron chi connectivity index (χ1n) is 10.4. The van der Waals surface area contributed by atoms with E-state index < -0.39 is 16.1 Å². The Morgan fingerprint density at radius 3 is 2.19 bits per heavy atom. The van der Waals surface area contributed by atoms with Crippen LogP contribution in [0.1, 0.15) is 22.3 Å². The minimum Gasteiger partial charge on any atom is -0.476 e. The van der Waals surface area contributed by atoms with Crippen LogP contribution in [0.4, 0.5) is 5.69 Å². The van der Waals surface area contributed by atoms with Gasteiger partial charge in [0.1, 0.15) is 5.75 Å². The van der Waals surface area contributed by atoms with Gasteiger partial charge in [-0.1, -0.05) is 53.6 Å². The highest BCUT2D eigenvalue weighted by atomic mass is 32.2. The highest BCUT2D eigenvalue weighted by Crippen LogP contribution is 2.37. The Morgan fingerprint density at radius 2 is 1.53 bits per heavy atom. The zero-order valence-electron chi connectivity index (χ0n) is 18.3. The molecule has 1 aliphatic rings. The summed E-state index contributed by atoms with van der Waals surface area (Å²) in [6.07, 6.45) is -0.963. The standard InChI is InChI=1S/C25H26N2O4S/c1-17-4-9-20(10-5-17)15-26-25(28)24-16-27(22-13-8-19(3)14-23(22)31-24)32(29,30)21-11-6-18(2)7-12-21/h4-14,24H,15-16H2,1-3H3,(H,26,28)/t24-/m0/s1. The van der Waals surface area contributed by atoms with Gasteiger partial charge in [-0.15, -0.1) is 0 Å². The maximum Gasteiger partial charge on any atom is 0.264 e. The lowest BCUT2D eigenvalue weighted by atomic mass is 10.1. The normalized spacial score (nSPS) is 15.6. The molecule has 0 aromatic heterocycles. The molecule has 1 amide bonds. The average molecular weight is 451 g/mol. The molecule has 1 heterocycles. The number of carbonyl (C=O) groups is 1. The van der Waals surface area contributed by atoms with Crippen LogP contribution in [0, 0.1) is 20.8 Å². The third-order valence-corrected chi connectivity index (χ3v) is 7.27. The molecule has 32 heavy (non-hydrogen) atoms. The second kappa shape index (κ2) is 8.67. The van der Waals surface area contributed by atoms with E-state index in [1.807, 2.05) is 51.1 Å². The van der Waals surface area contributed by atoms with Crippen molar-refractivity contribution >= 4 is 21.6 Å². The minimum absolute atomic E-state index is 0.105. The summed E-state index contributed by atoms with van der Waals surface area (Å²) >= 11 is 0. The average Bonchev–Trinajstić information content (AvgIpc) is 2.77. The van der Waals surface area contributed by atoms with E-state index in [9.17, 15) is 13.2 Å². The van der Waals surface area contributed by atoms with Crippen LogP contribution in [0.3, 0.4) is 0 Å². The first-order valence-corrected chi connectivity index (χ1v) is 11.9. The van der Waals surface area contributed by atoms with Crippen molar-refractivity contribution < 1.29 is 17.9 Å². The number of carbonyl (C=O) groups excluding carboxylic acids is 1. The zero-order chi connectivity index (χ0) is 22.9. The second-order valence-electron chi connectivity index (χ2n) is 8.13. The molecule has 3 aromatic carbocycles. The number of sulfonamides is 1. The van der Waals surface area contributed by atoms with Crippen molar-refractivity contribution in [2.75, 3.05) is 10.8 Å². The Kier molecular flexibility index (Phi) is 5.93. The summed E-state index contributed by atoms with van der Waals surface area (Å²) in [4.78, 5) is 13.1. The Hall–Kier alpha value is -3.32. The summed E-state index contributed by atoms with van der Waals surface area (Å²) in [6.45, 7) is 6.03. The molecule has 0 fully saturated rings. The fraction of sp³-hybridized carbons (Fsp3) is 0.240. The fourth-order valence-electron chi connectivity index (χ4n) is 3.57. The van der Waals surface area contributed by atoms with E-state index in [1.54, 1.807) is 36.4 Å². The molecule has 0 aliphatic carbocycles. The number of hydrogen-bond donors (Lipinski definition) is 1. The third kappa shape index (κ3) is 4.48. The maximum atomic E-state index is 13.5. The molecule has 166 valence electrons. The minimum atomic E-state index is -3.87. The predicted molar refractivity (Wildman–Crippen MR) is 124 cm³/mol. The number of anilines is 1. The van der Waals surface area contributed by atoms with Crippen LogP contribution >= 0.6 is 0 Å². The summed E-state index contributed by atoms with van der Waals surface area (Å²) in [5.41, 5.74) is 4.41. The van der Waals surface area contributed by atoms with E-state index in [0.29, 0.717) is 18.0 Å². The van der Waals surface area contributed by atoms with Gasteiger partial charge >= 0.3 is 0 Å². The Labute approximate surface area is 188 Å². The molecular formula is C25H26N2O4S. The summed E-state index contributed by atoms with van der Waals surface area (Å²) in [5.74, 6) is 0.0178. The van der Waals surface area contributed by atoms with E-state index in [2.05, 4.69) is 5.32 Å². The van der Waals surface area contributed by atoms with Crippen molar-refractivity contribution in [1.82, 2.24) is 5.32 Å². The molecule has 0 radical (unpaired) electrons. The van der Waals surface area contributed by atoms with Crippen LogP contribution < -0.4 is 14.4 Å². The largest absolute Gasteiger partial charge is 0.476 e. The number of benzene rings is 3. The molecule has 0 unspecified atom stereocenters. The first-order chi connectivity index (χ1) is 15.2. The number of aryl methyl sites for hydroxylation is 3. The molecule has 3 aromatic rings. The number of nitrogens with zero attached hydrogens (tertiary/aromatic N) is 1. The lowest BCUT2D eigenvalue weighted by molar-refractivity contribution is -0.127. The van der Waals surface area contributed by atoms with Crippen LogP contribution in [0.15, 0.2) is 71.6 Å². The zero-order valence-corrected chi connectivity index (χ0v) is 19.1. The topological polar surface area (TPSA) is 75.7 Å². The molecule has 4 rings (SSSR count). The summed E-state index contributed by atoms with van der Waals surface area (Å²) in [6, 6.07) is 19.8. The third-order valence-electron chi connectivity index (χ3n) is 5.47. The van der Waals surface area contributed by atoms with Crippen molar-refractivity contribution in [3.05, 3.63) is 89.0 Å². The number of fused-ring (bicyclic) bond motifs is 1. The number of hydrogen-bond acceptors (Lipinski definition) is 4. The molecule has 6 nitrogen and oxygen atoms in total. The Morgan fingerprint density at radius 1 is 0.938 bits per heavy atom. The summed E-state index contributed by atoms with van der Waals surface area (Å²) in [5, 5.41) is 2.87. The van der Waals surface area contributed by atoms with Gasteiger partial charge in [-0.3, -0.25) is 9.10 Å². The molecule has 7 heteroatoms. The van der Waals surface area contributed by atoms with Gasteiger partial charge in [0, 0.05) is 6.54 Å². The quantitative estimate of drug-likeness (QED) is 0.640. The second-order valence-corrected chi connectivity index (χ2v) is 9.99. The Bertz CT molecular complexity index is 1240. The molecular weight excluding hydrogens is 424 g/mol. The molecule has 1 N–H and O–H groups in total. The molecule has 1 atom stereocenters. The van der Waals surface area contributed by atoms with E-state index >= 15 is 0 Å². The molecule has 0 saturated carbocycles. The van der Waals surface area contributed by atoms with Gasteiger partial charge < -0.3 is 10.1 Å². The van der Waals surface area contributed by atoms with Crippen molar-refractivity contribution in [2.45, 2.75) is 38.3 Å². The molecule has 0 saturated heterocycles. The van der Waals surface area contributed by atoms with E-state index in [0.717, 1.165) is 22.3 Å². The van der Waals surface area contributed by atoms with Gasteiger partial charge in [-0.2, -0.15) is 0 Å². The lowest BCUT2D eigenvalue weighted by Crippen LogP contribution is -2.50. The van der Waals surface area contributed by atoms with Crippen molar-refractivity contribution in [3.8, 4) is 5.75 Å². The van der Waals surface area contributed by atoms with Crippen LogP contribution in [-0.2, 0) is 21.4 Å². The number of nitrogens with one attached hydrogen (secondary N) is 1. The van der Waals surface area contributed by atoms with E-state index in [-0.39, 0.29) is 17.3 Å². The van der Waals surface area contributed by atoms with Crippen molar-refractivity contribution in [2.24, 2.45) is 0 Å². The number of amides is 1. The van der Waals surface area contributed by atoms with Gasteiger partial charge in [0.15, 0.2) is 6.10 Å². The smallest absolute Gasteiger partial charge is 0.264 e. The van der Waals surface area contributed by atoms with Gasteiger partial charge in [-0.05, 0) is 56.2 Å². The van der Waals surface area contributed by atoms with Crippen LogP contribution in [-0.4, -0.2) is 27.0 Å². The molecule has 0 spiro atoms. The number of ether oxygens (including phenoxy) is 1. The first kappa shape index (κ1) is 21.9. The highest BCUT2D eigenvalue weighted by molar-refractivity contribution is 7.92. The summed E-state index contributed by atoms with van der Waals surface area (Å²) in [7, 11) is -3.87.